The van der Waals surface area contributed by atoms with Crippen LogP contribution in [0.15, 0.2) is 34.9 Å². The van der Waals surface area contributed by atoms with E-state index in [9.17, 15) is 14.0 Å². The van der Waals surface area contributed by atoms with Crippen LogP contribution in [-0.2, 0) is 7.05 Å². The van der Waals surface area contributed by atoms with Gasteiger partial charge in [-0.2, -0.15) is 0 Å². The first-order valence-electron chi connectivity index (χ1n) is 5.54. The van der Waals surface area contributed by atoms with Gasteiger partial charge in [0.15, 0.2) is 0 Å². The molecule has 2 aromatic rings. The van der Waals surface area contributed by atoms with Gasteiger partial charge in [-0.1, -0.05) is 0 Å². The minimum absolute atomic E-state index is 0.0835. The molecule has 5 nitrogen and oxygen atoms in total. The molecule has 0 saturated carbocycles. The van der Waals surface area contributed by atoms with Crippen molar-refractivity contribution in [1.82, 2.24) is 4.57 Å². The van der Waals surface area contributed by atoms with E-state index in [0.717, 1.165) is 18.2 Å². The van der Waals surface area contributed by atoms with Crippen molar-refractivity contribution in [2.24, 2.45) is 7.05 Å². The number of nitrogens with one attached hydrogen (secondary N) is 1. The maximum absolute atomic E-state index is 13.2. The number of aryl methyl sites for hydroxylation is 1. The smallest absolute Gasteiger partial charge is 0.337 e. The Morgan fingerprint density at radius 3 is 2.60 bits per heavy atom. The number of carbonyl (C=O) groups excluding carboxylic acids is 1. The van der Waals surface area contributed by atoms with Crippen LogP contribution in [0, 0.1) is 5.82 Å². The minimum atomic E-state index is -1.24. The summed E-state index contributed by atoms with van der Waals surface area (Å²) in [5.74, 6) is -2.39. The van der Waals surface area contributed by atoms with Gasteiger partial charge in [0.25, 0.3) is 5.91 Å². The average Bonchev–Trinajstić information content (AvgIpc) is 2.68. The molecular formula is C13H10BrFN2O3. The van der Waals surface area contributed by atoms with Gasteiger partial charge in [-0.15, -0.1) is 0 Å². The van der Waals surface area contributed by atoms with Crippen LogP contribution in [0.25, 0.3) is 0 Å². The number of carboxylic acids is 1. The highest BCUT2D eigenvalue weighted by Gasteiger charge is 2.16. The third-order valence-electron chi connectivity index (χ3n) is 2.66. The van der Waals surface area contributed by atoms with Crippen LogP contribution in [-0.4, -0.2) is 21.6 Å². The number of carboxylic acid groups (broad SMARTS) is 1. The maximum Gasteiger partial charge on any atom is 0.337 e. The fourth-order valence-corrected chi connectivity index (χ4v) is 2.27. The molecule has 1 aromatic carbocycles. The third-order valence-corrected chi connectivity index (χ3v) is 3.10. The summed E-state index contributed by atoms with van der Waals surface area (Å²) in [6, 6.07) is 4.68. The lowest BCUT2D eigenvalue weighted by Gasteiger charge is -2.09. The summed E-state index contributed by atoms with van der Waals surface area (Å²) in [6.07, 6.45) is 1.68. The predicted molar refractivity (Wildman–Crippen MR) is 74.4 cm³/mol. The molecule has 0 bridgehead atoms. The highest BCUT2D eigenvalue weighted by molar-refractivity contribution is 9.10. The minimum Gasteiger partial charge on any atom is -0.478 e. The lowest BCUT2D eigenvalue weighted by molar-refractivity contribution is 0.0698. The number of aromatic nitrogens is 1. The number of hydrogen-bond donors (Lipinski definition) is 2. The summed E-state index contributed by atoms with van der Waals surface area (Å²) in [4.78, 5) is 23.1. The molecular weight excluding hydrogens is 331 g/mol. The van der Waals surface area contributed by atoms with E-state index >= 15 is 0 Å². The number of rotatable bonds is 3. The Labute approximate surface area is 122 Å². The van der Waals surface area contributed by atoms with Crippen LogP contribution < -0.4 is 5.32 Å². The molecule has 0 aliphatic rings. The summed E-state index contributed by atoms with van der Waals surface area (Å²) in [7, 11) is 1.67. The van der Waals surface area contributed by atoms with Crippen molar-refractivity contribution in [2.75, 3.05) is 5.32 Å². The first kappa shape index (κ1) is 14.3. The summed E-state index contributed by atoms with van der Waals surface area (Å²) in [5, 5.41) is 11.4. The van der Waals surface area contributed by atoms with Crippen molar-refractivity contribution in [3.63, 3.8) is 0 Å². The lowest BCUT2D eigenvalue weighted by atomic mass is 10.1. The number of benzene rings is 1. The van der Waals surface area contributed by atoms with Gasteiger partial charge in [0.05, 0.1) is 11.3 Å². The Kier molecular flexibility index (Phi) is 3.89. The molecule has 2 rings (SSSR count). The van der Waals surface area contributed by atoms with Crippen LogP contribution in [0.5, 0.6) is 0 Å². The number of nitrogens with zero attached hydrogens (tertiary/aromatic N) is 1. The van der Waals surface area contributed by atoms with Gasteiger partial charge in [0.1, 0.15) is 11.5 Å². The summed E-state index contributed by atoms with van der Waals surface area (Å²) in [6.45, 7) is 0. The van der Waals surface area contributed by atoms with Crippen molar-refractivity contribution in [3.8, 4) is 0 Å². The van der Waals surface area contributed by atoms with Crippen molar-refractivity contribution < 1.29 is 19.1 Å². The zero-order valence-corrected chi connectivity index (χ0v) is 11.9. The Bertz CT molecular complexity index is 697. The molecule has 0 fully saturated rings. The monoisotopic (exact) mass is 340 g/mol. The summed E-state index contributed by atoms with van der Waals surface area (Å²) < 4.78 is 15.5. The molecule has 2 N–H and O–H groups in total. The molecule has 0 aliphatic carbocycles. The highest BCUT2D eigenvalue weighted by Crippen LogP contribution is 2.20. The van der Waals surface area contributed by atoms with Gasteiger partial charge in [-0.05, 0) is 40.2 Å². The predicted octanol–water partition coefficient (Wildman–Crippen LogP) is 2.88. The van der Waals surface area contributed by atoms with Crippen molar-refractivity contribution in [3.05, 3.63) is 52.0 Å². The van der Waals surface area contributed by atoms with Gasteiger partial charge in [0.2, 0.25) is 0 Å². The molecule has 0 spiro atoms. The van der Waals surface area contributed by atoms with Gasteiger partial charge < -0.3 is 15.0 Å². The maximum atomic E-state index is 13.2. The highest BCUT2D eigenvalue weighted by atomic mass is 79.9. The molecule has 104 valence electrons. The first-order valence-corrected chi connectivity index (χ1v) is 6.34. The second-order valence-corrected chi connectivity index (χ2v) is 5.02. The molecule has 7 heteroatoms. The Balaban J connectivity index is 2.34. The van der Waals surface area contributed by atoms with E-state index < -0.39 is 17.7 Å². The fourth-order valence-electron chi connectivity index (χ4n) is 1.74. The zero-order chi connectivity index (χ0) is 14.9. The van der Waals surface area contributed by atoms with Crippen molar-refractivity contribution in [1.29, 1.82) is 0 Å². The van der Waals surface area contributed by atoms with Crippen LogP contribution in [0.2, 0.25) is 0 Å². The van der Waals surface area contributed by atoms with Crippen LogP contribution in [0.1, 0.15) is 20.8 Å². The molecule has 1 aromatic heterocycles. The van der Waals surface area contributed by atoms with E-state index in [2.05, 4.69) is 21.2 Å². The van der Waals surface area contributed by atoms with Gasteiger partial charge >= 0.3 is 5.97 Å². The number of halogens is 2. The second-order valence-electron chi connectivity index (χ2n) is 4.10. The molecule has 0 atom stereocenters. The van der Waals surface area contributed by atoms with Crippen molar-refractivity contribution in [2.45, 2.75) is 0 Å². The van der Waals surface area contributed by atoms with E-state index in [1.165, 1.54) is 0 Å². The first-order chi connectivity index (χ1) is 9.38. The topological polar surface area (TPSA) is 71.3 Å². The van der Waals surface area contributed by atoms with E-state index in [-0.39, 0.29) is 11.3 Å². The Morgan fingerprint density at radius 2 is 2.05 bits per heavy atom. The third kappa shape index (κ3) is 2.88. The Hall–Kier alpha value is -2.15. The molecule has 0 unspecified atom stereocenters. The SMILES string of the molecule is Cn1cc(Br)cc1C(=O)Nc1cc(F)ccc1C(=O)O. The van der Waals surface area contributed by atoms with Crippen LogP contribution >= 0.6 is 15.9 Å². The fraction of sp³-hybridized carbons (Fsp3) is 0.0769. The van der Waals surface area contributed by atoms with Gasteiger partial charge in [-0.25, -0.2) is 9.18 Å². The molecule has 0 radical (unpaired) electrons. The summed E-state index contributed by atoms with van der Waals surface area (Å²) >= 11 is 3.23. The van der Waals surface area contributed by atoms with Crippen molar-refractivity contribution >= 4 is 33.5 Å². The van der Waals surface area contributed by atoms with E-state index in [4.69, 9.17) is 5.11 Å². The molecule has 20 heavy (non-hydrogen) atoms. The number of aromatic carboxylic acids is 1. The molecule has 0 saturated heterocycles. The lowest BCUT2D eigenvalue weighted by Crippen LogP contribution is -2.17. The normalized spacial score (nSPS) is 10.3. The number of anilines is 1. The number of amides is 1. The van der Waals surface area contributed by atoms with Gasteiger partial charge in [0, 0.05) is 17.7 Å². The van der Waals surface area contributed by atoms with Gasteiger partial charge in [-0.3, -0.25) is 4.79 Å². The summed E-state index contributed by atoms with van der Waals surface area (Å²) in [5.41, 5.74) is 0.0605. The average molecular weight is 341 g/mol. The molecule has 1 heterocycles. The molecule has 0 aliphatic heterocycles. The Morgan fingerprint density at radius 1 is 1.35 bits per heavy atom. The largest absolute Gasteiger partial charge is 0.478 e. The van der Waals surface area contributed by atoms with Crippen LogP contribution in [0.4, 0.5) is 10.1 Å². The standard InChI is InChI=1S/C13H10BrFN2O3/c1-17-6-7(14)4-11(17)12(18)16-10-5-8(15)2-3-9(10)13(19)20/h2-6H,1H3,(H,16,18)(H,19,20). The van der Waals surface area contributed by atoms with E-state index in [1.54, 1.807) is 23.9 Å². The zero-order valence-electron chi connectivity index (χ0n) is 10.4. The molecule has 1 amide bonds. The quantitative estimate of drug-likeness (QED) is 0.902. The number of carbonyl (C=O) groups is 2. The number of hydrogen-bond acceptors (Lipinski definition) is 2. The van der Waals surface area contributed by atoms with Crippen LogP contribution in [0.3, 0.4) is 0 Å². The van der Waals surface area contributed by atoms with E-state index in [0.29, 0.717) is 10.2 Å². The second kappa shape index (κ2) is 5.46. The van der Waals surface area contributed by atoms with E-state index in [1.807, 2.05) is 0 Å².